The quantitative estimate of drug-likeness (QED) is 0.414. The van der Waals surface area contributed by atoms with E-state index in [-0.39, 0.29) is 5.60 Å². The minimum atomic E-state index is -4.37. The molecular formula is C26H33F3N2O2S. The highest BCUT2D eigenvalue weighted by Crippen LogP contribution is 2.49. The Morgan fingerprint density at radius 2 is 1.76 bits per heavy atom. The minimum absolute atomic E-state index is 0.255. The molecule has 0 bridgehead atoms. The lowest BCUT2D eigenvalue weighted by molar-refractivity contribution is -0.195. The summed E-state index contributed by atoms with van der Waals surface area (Å²) < 4.78 is 46.2. The SMILES string of the molecule is CCCC1(OC(C)O)CCN(CCCN2c3ccccc3Sc3ccc(C(F)(F)F)cc32)CC1. The Labute approximate surface area is 204 Å². The first-order valence-electron chi connectivity index (χ1n) is 12.0. The summed E-state index contributed by atoms with van der Waals surface area (Å²) in [5, 5.41) is 9.76. The second-order valence-electron chi connectivity index (χ2n) is 9.25. The van der Waals surface area contributed by atoms with Gasteiger partial charge >= 0.3 is 6.18 Å². The molecule has 1 unspecified atom stereocenters. The monoisotopic (exact) mass is 494 g/mol. The van der Waals surface area contributed by atoms with Gasteiger partial charge in [-0.2, -0.15) is 13.2 Å². The number of aliphatic hydroxyl groups excluding tert-OH is 1. The van der Waals surface area contributed by atoms with Crippen molar-refractivity contribution < 1.29 is 23.0 Å². The van der Waals surface area contributed by atoms with Crippen molar-refractivity contribution >= 4 is 23.1 Å². The van der Waals surface area contributed by atoms with E-state index in [1.54, 1.807) is 13.0 Å². The van der Waals surface area contributed by atoms with Gasteiger partial charge in [0.25, 0.3) is 0 Å². The molecule has 0 radical (unpaired) electrons. The number of anilines is 2. The highest BCUT2D eigenvalue weighted by Gasteiger charge is 2.36. The Balaban J connectivity index is 1.43. The van der Waals surface area contributed by atoms with Crippen LogP contribution in [0.15, 0.2) is 52.3 Å². The van der Waals surface area contributed by atoms with Crippen molar-refractivity contribution in [2.75, 3.05) is 31.1 Å². The summed E-state index contributed by atoms with van der Waals surface area (Å²) in [7, 11) is 0. The van der Waals surface area contributed by atoms with Gasteiger partial charge in [-0.15, -0.1) is 0 Å². The van der Waals surface area contributed by atoms with Crippen LogP contribution < -0.4 is 4.90 Å². The van der Waals surface area contributed by atoms with Gasteiger partial charge in [-0.05, 0) is 69.5 Å². The Morgan fingerprint density at radius 3 is 2.44 bits per heavy atom. The Kier molecular flexibility index (Phi) is 7.82. The van der Waals surface area contributed by atoms with Crippen LogP contribution in [0.2, 0.25) is 0 Å². The fourth-order valence-corrected chi connectivity index (χ4v) is 6.20. The third-order valence-corrected chi connectivity index (χ3v) is 7.83. The lowest BCUT2D eigenvalue weighted by Crippen LogP contribution is -2.47. The van der Waals surface area contributed by atoms with Crippen molar-refractivity contribution in [2.45, 2.75) is 73.8 Å². The van der Waals surface area contributed by atoms with Crippen LogP contribution in [0.5, 0.6) is 0 Å². The molecule has 34 heavy (non-hydrogen) atoms. The molecule has 0 spiro atoms. The number of ether oxygens (including phenoxy) is 1. The van der Waals surface area contributed by atoms with E-state index in [9.17, 15) is 18.3 Å². The van der Waals surface area contributed by atoms with Crippen LogP contribution in [0, 0.1) is 0 Å². The van der Waals surface area contributed by atoms with Crippen LogP contribution in [0.25, 0.3) is 0 Å². The van der Waals surface area contributed by atoms with Crippen molar-refractivity contribution in [1.29, 1.82) is 0 Å². The summed E-state index contributed by atoms with van der Waals surface area (Å²) in [6.45, 7) is 7.11. The summed E-state index contributed by atoms with van der Waals surface area (Å²) in [6.07, 6.45) is -0.580. The number of alkyl halides is 3. The molecule has 8 heteroatoms. The summed E-state index contributed by atoms with van der Waals surface area (Å²) >= 11 is 1.52. The van der Waals surface area contributed by atoms with Crippen LogP contribution in [0.1, 0.15) is 51.5 Å². The largest absolute Gasteiger partial charge is 0.416 e. The predicted octanol–water partition coefficient (Wildman–Crippen LogP) is 6.69. The van der Waals surface area contributed by atoms with E-state index in [2.05, 4.69) is 11.8 Å². The van der Waals surface area contributed by atoms with Gasteiger partial charge in [-0.3, -0.25) is 0 Å². The average Bonchev–Trinajstić information content (AvgIpc) is 2.78. The zero-order valence-electron chi connectivity index (χ0n) is 19.8. The van der Waals surface area contributed by atoms with Gasteiger partial charge in [0.1, 0.15) is 0 Å². The maximum Gasteiger partial charge on any atom is 0.416 e. The predicted molar refractivity (Wildman–Crippen MR) is 130 cm³/mol. The van der Waals surface area contributed by atoms with E-state index in [1.165, 1.54) is 23.9 Å². The number of rotatable bonds is 8. The number of hydrogen-bond acceptors (Lipinski definition) is 5. The number of hydrogen-bond donors (Lipinski definition) is 1. The second-order valence-corrected chi connectivity index (χ2v) is 10.3. The summed E-state index contributed by atoms with van der Waals surface area (Å²) in [6, 6.07) is 11.9. The highest BCUT2D eigenvalue weighted by atomic mass is 32.2. The zero-order chi connectivity index (χ0) is 24.3. The molecule has 1 fully saturated rings. The Morgan fingerprint density at radius 1 is 1.06 bits per heavy atom. The molecule has 2 aliphatic heterocycles. The molecule has 2 heterocycles. The molecule has 2 aliphatic rings. The van der Waals surface area contributed by atoms with E-state index in [4.69, 9.17) is 4.74 Å². The number of benzene rings is 2. The summed E-state index contributed by atoms with van der Waals surface area (Å²) in [5.41, 5.74) is 0.724. The van der Waals surface area contributed by atoms with Crippen molar-refractivity contribution in [3.63, 3.8) is 0 Å². The smallest absolute Gasteiger partial charge is 0.368 e. The van der Waals surface area contributed by atoms with E-state index < -0.39 is 18.0 Å². The number of nitrogens with zero attached hydrogens (tertiary/aromatic N) is 2. The van der Waals surface area contributed by atoms with Gasteiger partial charge < -0.3 is 19.6 Å². The maximum atomic E-state index is 13.4. The molecule has 186 valence electrons. The van der Waals surface area contributed by atoms with Crippen molar-refractivity contribution in [3.05, 3.63) is 48.0 Å². The standard InChI is InChI=1S/C26H33F3N2O2S/c1-3-11-25(33-19(2)32)12-16-30(17-13-25)14-6-15-31-21-7-4-5-8-23(21)34-24-10-9-20(18-22(24)31)26(27,28)29/h4-5,7-10,18-19,32H,3,6,11-17H2,1-2H3. The van der Waals surface area contributed by atoms with Crippen LogP contribution in [0.4, 0.5) is 24.5 Å². The van der Waals surface area contributed by atoms with Crippen LogP contribution in [-0.4, -0.2) is 48.1 Å². The molecule has 0 saturated carbocycles. The second kappa shape index (κ2) is 10.5. The van der Waals surface area contributed by atoms with Crippen LogP contribution in [0.3, 0.4) is 0 Å². The van der Waals surface area contributed by atoms with Crippen molar-refractivity contribution in [1.82, 2.24) is 4.90 Å². The summed E-state index contributed by atoms with van der Waals surface area (Å²) in [5.74, 6) is 0. The first kappa shape index (κ1) is 25.4. The Hall–Kier alpha value is -1.74. The molecule has 2 aromatic carbocycles. The number of halogens is 3. The molecule has 0 amide bonds. The molecule has 4 rings (SSSR count). The number of para-hydroxylation sites is 1. The lowest BCUT2D eigenvalue weighted by Gasteiger charge is -2.42. The zero-order valence-corrected chi connectivity index (χ0v) is 20.6. The van der Waals surface area contributed by atoms with Crippen molar-refractivity contribution in [3.8, 4) is 0 Å². The number of piperidine rings is 1. The van der Waals surface area contributed by atoms with Gasteiger partial charge in [0.2, 0.25) is 0 Å². The molecule has 0 aromatic heterocycles. The van der Waals surface area contributed by atoms with Gasteiger partial charge in [0.15, 0.2) is 6.29 Å². The number of likely N-dealkylation sites (tertiary alicyclic amines) is 1. The highest BCUT2D eigenvalue weighted by molar-refractivity contribution is 7.99. The molecule has 2 aromatic rings. The molecule has 0 aliphatic carbocycles. The number of aliphatic hydroxyl groups is 1. The minimum Gasteiger partial charge on any atom is -0.368 e. The first-order valence-corrected chi connectivity index (χ1v) is 12.9. The van der Waals surface area contributed by atoms with E-state index in [0.29, 0.717) is 12.2 Å². The van der Waals surface area contributed by atoms with Gasteiger partial charge in [0.05, 0.1) is 22.5 Å². The fraction of sp³-hybridized carbons (Fsp3) is 0.538. The van der Waals surface area contributed by atoms with E-state index in [0.717, 1.165) is 67.2 Å². The number of fused-ring (bicyclic) bond motifs is 2. The van der Waals surface area contributed by atoms with Crippen LogP contribution in [-0.2, 0) is 10.9 Å². The maximum absolute atomic E-state index is 13.4. The van der Waals surface area contributed by atoms with Gasteiger partial charge in [-0.1, -0.05) is 37.2 Å². The van der Waals surface area contributed by atoms with Gasteiger partial charge in [-0.25, -0.2) is 0 Å². The third-order valence-electron chi connectivity index (χ3n) is 6.70. The van der Waals surface area contributed by atoms with Crippen LogP contribution >= 0.6 is 11.8 Å². The fourth-order valence-electron chi connectivity index (χ4n) is 5.13. The summed E-state index contributed by atoms with van der Waals surface area (Å²) in [4.78, 5) is 6.35. The van der Waals surface area contributed by atoms with E-state index in [1.807, 2.05) is 29.2 Å². The third kappa shape index (κ3) is 5.73. The van der Waals surface area contributed by atoms with E-state index >= 15 is 0 Å². The normalized spacial score (nSPS) is 18.9. The molecular weight excluding hydrogens is 461 g/mol. The molecule has 1 atom stereocenters. The van der Waals surface area contributed by atoms with Crippen molar-refractivity contribution in [2.24, 2.45) is 0 Å². The molecule has 4 nitrogen and oxygen atoms in total. The topological polar surface area (TPSA) is 35.9 Å². The average molecular weight is 495 g/mol. The first-order chi connectivity index (χ1) is 16.2. The van der Waals surface area contributed by atoms with Gasteiger partial charge in [0, 0.05) is 29.4 Å². The molecule has 1 N–H and O–H groups in total. The lowest BCUT2D eigenvalue weighted by atomic mass is 9.86. The molecule has 1 saturated heterocycles. The Bertz CT molecular complexity index is 975.